The van der Waals surface area contributed by atoms with E-state index in [1.165, 1.54) is 32.2 Å². The Balaban J connectivity index is 1.68. The molecule has 1 aromatic heterocycles. The zero-order chi connectivity index (χ0) is 14.8. The molecule has 2 saturated carbocycles. The molecular formula is C17H26ClN3. The molecule has 0 bridgehead atoms. The highest BCUT2D eigenvalue weighted by molar-refractivity contribution is 6.31. The minimum Gasteiger partial charge on any atom is -0.353 e. The second kappa shape index (κ2) is 6.53. The fourth-order valence-corrected chi connectivity index (χ4v) is 2.80. The van der Waals surface area contributed by atoms with Crippen molar-refractivity contribution in [3.63, 3.8) is 0 Å². The highest BCUT2D eigenvalue weighted by Gasteiger charge is 2.34. The third kappa shape index (κ3) is 4.33. The number of rotatable bonds is 8. The summed E-state index contributed by atoms with van der Waals surface area (Å²) in [4.78, 5) is 7.36. The number of anilines is 1. The largest absolute Gasteiger partial charge is 0.353 e. The molecule has 0 spiro atoms. The average molecular weight is 308 g/mol. The zero-order valence-corrected chi connectivity index (χ0v) is 13.9. The normalized spacial score (nSPS) is 18.3. The van der Waals surface area contributed by atoms with Gasteiger partial charge in [-0.25, -0.2) is 4.98 Å². The number of hydrogen-bond donors (Lipinski definition) is 1. The van der Waals surface area contributed by atoms with Crippen molar-refractivity contribution in [3.05, 3.63) is 22.8 Å². The predicted octanol–water partition coefficient (Wildman–Crippen LogP) is 3.86. The van der Waals surface area contributed by atoms with Crippen LogP contribution in [0.15, 0.2) is 12.1 Å². The SMILES string of the molecule is CC(C)CNCc1nc(N(CC2CC2)C2CC2)ccc1Cl. The molecule has 21 heavy (non-hydrogen) atoms. The smallest absolute Gasteiger partial charge is 0.129 e. The molecule has 3 nitrogen and oxygen atoms in total. The van der Waals surface area contributed by atoms with Crippen LogP contribution in [0, 0.1) is 11.8 Å². The van der Waals surface area contributed by atoms with E-state index >= 15 is 0 Å². The number of hydrogen-bond acceptors (Lipinski definition) is 3. The van der Waals surface area contributed by atoms with E-state index in [-0.39, 0.29) is 0 Å². The van der Waals surface area contributed by atoms with E-state index in [0.29, 0.717) is 5.92 Å². The predicted molar refractivity (Wildman–Crippen MR) is 88.9 cm³/mol. The fourth-order valence-electron chi connectivity index (χ4n) is 2.63. The number of pyridine rings is 1. The van der Waals surface area contributed by atoms with Crippen LogP contribution in [0.25, 0.3) is 0 Å². The van der Waals surface area contributed by atoms with Gasteiger partial charge < -0.3 is 10.2 Å². The summed E-state index contributed by atoms with van der Waals surface area (Å²) in [7, 11) is 0. The van der Waals surface area contributed by atoms with Crippen LogP contribution < -0.4 is 10.2 Å². The van der Waals surface area contributed by atoms with Crippen molar-refractivity contribution in [2.75, 3.05) is 18.0 Å². The van der Waals surface area contributed by atoms with Crippen molar-refractivity contribution in [1.82, 2.24) is 10.3 Å². The molecule has 4 heteroatoms. The molecule has 3 rings (SSSR count). The number of nitrogens with zero attached hydrogens (tertiary/aromatic N) is 2. The summed E-state index contributed by atoms with van der Waals surface area (Å²) in [5.41, 5.74) is 0.983. The number of nitrogens with one attached hydrogen (secondary N) is 1. The maximum Gasteiger partial charge on any atom is 0.129 e. The molecule has 0 radical (unpaired) electrons. The number of aromatic nitrogens is 1. The van der Waals surface area contributed by atoms with Crippen LogP contribution in [0.5, 0.6) is 0 Å². The molecule has 0 unspecified atom stereocenters. The van der Waals surface area contributed by atoms with E-state index in [2.05, 4.69) is 30.1 Å². The lowest BCUT2D eigenvalue weighted by Crippen LogP contribution is -2.29. The van der Waals surface area contributed by atoms with E-state index in [4.69, 9.17) is 16.6 Å². The first kappa shape index (κ1) is 15.1. The first-order chi connectivity index (χ1) is 10.1. The number of halogens is 1. The molecule has 0 saturated heterocycles. The van der Waals surface area contributed by atoms with Crippen molar-refractivity contribution in [2.24, 2.45) is 11.8 Å². The zero-order valence-electron chi connectivity index (χ0n) is 13.1. The van der Waals surface area contributed by atoms with Gasteiger partial charge in [0, 0.05) is 19.1 Å². The molecule has 1 heterocycles. The Hall–Kier alpha value is -0.800. The molecular weight excluding hydrogens is 282 g/mol. The van der Waals surface area contributed by atoms with Gasteiger partial charge in [0.25, 0.3) is 0 Å². The Morgan fingerprint density at radius 3 is 2.67 bits per heavy atom. The second-order valence-electron chi connectivity index (χ2n) is 6.95. The average Bonchev–Trinajstić information content (AvgIpc) is 3.32. The van der Waals surface area contributed by atoms with E-state index in [1.807, 2.05) is 6.07 Å². The maximum absolute atomic E-state index is 6.31. The summed E-state index contributed by atoms with van der Waals surface area (Å²) < 4.78 is 0. The van der Waals surface area contributed by atoms with Gasteiger partial charge in [0.15, 0.2) is 0 Å². The Labute approximate surface area is 133 Å². The highest BCUT2D eigenvalue weighted by Crippen LogP contribution is 2.37. The Morgan fingerprint density at radius 2 is 2.05 bits per heavy atom. The van der Waals surface area contributed by atoms with Crippen LogP contribution in [0.4, 0.5) is 5.82 Å². The Bertz CT molecular complexity index is 481. The van der Waals surface area contributed by atoms with Crippen LogP contribution in [0.1, 0.15) is 45.2 Å². The molecule has 0 atom stereocenters. The van der Waals surface area contributed by atoms with E-state index in [1.54, 1.807) is 0 Å². The third-order valence-corrected chi connectivity index (χ3v) is 4.53. The molecule has 0 aromatic carbocycles. The summed E-state index contributed by atoms with van der Waals surface area (Å²) in [5.74, 6) is 2.66. The standard InChI is InChI=1S/C17H26ClN3/c1-12(2)9-19-10-16-15(18)7-8-17(20-16)21(14-5-6-14)11-13-3-4-13/h7-8,12-14,19H,3-6,9-11H2,1-2H3. The van der Waals surface area contributed by atoms with Crippen molar-refractivity contribution in [2.45, 2.75) is 52.1 Å². The van der Waals surface area contributed by atoms with Gasteiger partial charge in [-0.05, 0) is 56.2 Å². The summed E-state index contributed by atoms with van der Waals surface area (Å²) in [6.07, 6.45) is 5.41. The molecule has 116 valence electrons. The molecule has 2 fully saturated rings. The summed E-state index contributed by atoms with van der Waals surface area (Å²) in [6.45, 7) is 7.35. The van der Waals surface area contributed by atoms with Gasteiger partial charge in [0.1, 0.15) is 5.82 Å². The Morgan fingerprint density at radius 1 is 1.29 bits per heavy atom. The van der Waals surface area contributed by atoms with Gasteiger partial charge in [-0.15, -0.1) is 0 Å². The first-order valence-corrected chi connectivity index (χ1v) is 8.64. The van der Waals surface area contributed by atoms with Crippen LogP contribution >= 0.6 is 11.6 Å². The van der Waals surface area contributed by atoms with Gasteiger partial charge in [0.2, 0.25) is 0 Å². The van der Waals surface area contributed by atoms with E-state index in [0.717, 1.165) is 41.6 Å². The van der Waals surface area contributed by atoms with Crippen molar-refractivity contribution in [1.29, 1.82) is 0 Å². The van der Waals surface area contributed by atoms with Crippen LogP contribution in [0.2, 0.25) is 5.02 Å². The quantitative estimate of drug-likeness (QED) is 0.790. The molecule has 2 aliphatic carbocycles. The van der Waals surface area contributed by atoms with Crippen molar-refractivity contribution in [3.8, 4) is 0 Å². The second-order valence-corrected chi connectivity index (χ2v) is 7.36. The molecule has 0 amide bonds. The van der Waals surface area contributed by atoms with Crippen LogP contribution in [0.3, 0.4) is 0 Å². The van der Waals surface area contributed by atoms with Crippen molar-refractivity contribution >= 4 is 17.4 Å². The molecule has 1 aromatic rings. The fraction of sp³-hybridized carbons (Fsp3) is 0.706. The molecule has 1 N–H and O–H groups in total. The molecule has 2 aliphatic rings. The van der Waals surface area contributed by atoms with Gasteiger partial charge in [-0.3, -0.25) is 0 Å². The Kier molecular flexibility index (Phi) is 4.70. The third-order valence-electron chi connectivity index (χ3n) is 4.18. The van der Waals surface area contributed by atoms with Gasteiger partial charge in [-0.1, -0.05) is 25.4 Å². The first-order valence-electron chi connectivity index (χ1n) is 8.26. The van der Waals surface area contributed by atoms with E-state index in [9.17, 15) is 0 Å². The van der Waals surface area contributed by atoms with Gasteiger partial charge in [0.05, 0.1) is 10.7 Å². The van der Waals surface area contributed by atoms with Gasteiger partial charge in [-0.2, -0.15) is 0 Å². The maximum atomic E-state index is 6.31. The summed E-state index contributed by atoms with van der Waals surface area (Å²) in [5, 5.41) is 4.22. The lowest BCUT2D eigenvalue weighted by Gasteiger charge is -2.24. The minimum absolute atomic E-state index is 0.643. The van der Waals surface area contributed by atoms with Crippen molar-refractivity contribution < 1.29 is 0 Å². The van der Waals surface area contributed by atoms with Crippen LogP contribution in [-0.4, -0.2) is 24.1 Å². The summed E-state index contributed by atoms with van der Waals surface area (Å²) in [6, 6.07) is 4.82. The minimum atomic E-state index is 0.643. The monoisotopic (exact) mass is 307 g/mol. The summed E-state index contributed by atoms with van der Waals surface area (Å²) >= 11 is 6.31. The lowest BCUT2D eigenvalue weighted by atomic mass is 10.2. The highest BCUT2D eigenvalue weighted by atomic mass is 35.5. The topological polar surface area (TPSA) is 28.2 Å². The lowest BCUT2D eigenvalue weighted by molar-refractivity contribution is 0.548. The van der Waals surface area contributed by atoms with Crippen LogP contribution in [-0.2, 0) is 6.54 Å². The van der Waals surface area contributed by atoms with Gasteiger partial charge >= 0.3 is 0 Å². The van der Waals surface area contributed by atoms with E-state index < -0.39 is 0 Å². The molecule has 0 aliphatic heterocycles.